The molecule has 1 aliphatic rings. The van der Waals surface area contributed by atoms with E-state index in [1.54, 1.807) is 24.9 Å². The number of aromatic amines is 1. The summed E-state index contributed by atoms with van der Waals surface area (Å²) < 4.78 is 6.31. The minimum absolute atomic E-state index is 0.0198. The van der Waals surface area contributed by atoms with Gasteiger partial charge < -0.3 is 14.7 Å². The van der Waals surface area contributed by atoms with Crippen molar-refractivity contribution in [2.24, 2.45) is 7.05 Å². The summed E-state index contributed by atoms with van der Waals surface area (Å²) in [6, 6.07) is 2.86. The van der Waals surface area contributed by atoms with Crippen LogP contribution in [0.4, 0.5) is 0 Å². The average molecular weight is 333 g/mol. The van der Waals surface area contributed by atoms with Crippen LogP contribution in [0.15, 0.2) is 21.5 Å². The van der Waals surface area contributed by atoms with Crippen LogP contribution in [0.2, 0.25) is 0 Å². The lowest BCUT2D eigenvalue weighted by Gasteiger charge is -2.32. The molecule has 2 amide bonds. The Morgan fingerprint density at radius 2 is 2.04 bits per heavy atom. The molecule has 1 saturated heterocycles. The fourth-order valence-corrected chi connectivity index (χ4v) is 2.81. The van der Waals surface area contributed by atoms with Gasteiger partial charge in [0, 0.05) is 38.3 Å². The summed E-state index contributed by atoms with van der Waals surface area (Å²) in [5, 5.41) is 9.11. The van der Waals surface area contributed by atoms with Gasteiger partial charge in [-0.05, 0) is 19.8 Å². The van der Waals surface area contributed by atoms with Gasteiger partial charge in [0.05, 0.1) is 0 Å². The zero-order valence-corrected chi connectivity index (χ0v) is 13.5. The summed E-state index contributed by atoms with van der Waals surface area (Å²) in [6.07, 6.45) is 1.29. The first-order chi connectivity index (χ1) is 11.4. The molecule has 0 aromatic carbocycles. The number of H-pyrrole nitrogens is 1. The zero-order valence-electron chi connectivity index (χ0n) is 13.5. The quantitative estimate of drug-likeness (QED) is 0.823. The van der Waals surface area contributed by atoms with E-state index in [2.05, 4.69) is 15.6 Å². The summed E-state index contributed by atoms with van der Waals surface area (Å²) >= 11 is 0. The van der Waals surface area contributed by atoms with Gasteiger partial charge in [-0.1, -0.05) is 5.16 Å². The Balaban J connectivity index is 1.56. The molecule has 9 heteroatoms. The predicted octanol–water partition coefficient (Wildman–Crippen LogP) is 0.0444. The van der Waals surface area contributed by atoms with Crippen LogP contribution in [0.25, 0.3) is 0 Å². The number of nitrogens with one attached hydrogen (secondary N) is 2. The smallest absolute Gasteiger partial charge is 0.273 e. The van der Waals surface area contributed by atoms with Crippen molar-refractivity contribution in [1.82, 2.24) is 25.2 Å². The van der Waals surface area contributed by atoms with E-state index < -0.39 is 0 Å². The number of nitrogens with zero attached hydrogens (tertiary/aromatic N) is 3. The number of aromatic nitrogens is 3. The molecule has 1 aliphatic heterocycles. The van der Waals surface area contributed by atoms with Crippen molar-refractivity contribution in [3.8, 4) is 0 Å². The number of carbonyl (C=O) groups excluding carboxylic acids is 2. The van der Waals surface area contributed by atoms with Crippen molar-refractivity contribution in [3.63, 3.8) is 0 Å². The van der Waals surface area contributed by atoms with Crippen LogP contribution >= 0.6 is 0 Å². The number of likely N-dealkylation sites (tertiary alicyclic amines) is 1. The van der Waals surface area contributed by atoms with Gasteiger partial charge in [0.1, 0.15) is 11.5 Å². The van der Waals surface area contributed by atoms with Gasteiger partial charge in [0.2, 0.25) is 0 Å². The molecule has 3 rings (SSSR count). The fourth-order valence-electron chi connectivity index (χ4n) is 2.81. The molecule has 0 saturated carbocycles. The molecule has 0 spiro atoms. The topological polar surface area (TPSA) is 113 Å². The maximum atomic E-state index is 12.4. The Labute approximate surface area is 137 Å². The molecule has 0 atom stereocenters. The van der Waals surface area contributed by atoms with E-state index in [0.29, 0.717) is 37.4 Å². The van der Waals surface area contributed by atoms with Gasteiger partial charge in [0.15, 0.2) is 5.69 Å². The summed E-state index contributed by atoms with van der Waals surface area (Å²) in [7, 11) is 1.63. The van der Waals surface area contributed by atoms with Crippen LogP contribution in [0, 0.1) is 6.92 Å². The highest BCUT2D eigenvalue weighted by atomic mass is 16.5. The van der Waals surface area contributed by atoms with E-state index in [1.165, 1.54) is 10.7 Å². The minimum atomic E-state index is -0.300. The van der Waals surface area contributed by atoms with Crippen LogP contribution in [0.5, 0.6) is 0 Å². The van der Waals surface area contributed by atoms with Crippen LogP contribution in [0.3, 0.4) is 0 Å². The van der Waals surface area contributed by atoms with Crippen molar-refractivity contribution in [2.45, 2.75) is 25.8 Å². The molecule has 1 fully saturated rings. The van der Waals surface area contributed by atoms with Crippen molar-refractivity contribution < 1.29 is 14.1 Å². The molecule has 9 nitrogen and oxygen atoms in total. The molecule has 2 aromatic heterocycles. The third-order valence-corrected chi connectivity index (χ3v) is 4.10. The summed E-state index contributed by atoms with van der Waals surface area (Å²) in [5.74, 6) is 0.120. The molecule has 128 valence electrons. The Hall–Kier alpha value is -2.84. The summed E-state index contributed by atoms with van der Waals surface area (Å²) in [5.41, 5.74) is 0.291. The van der Waals surface area contributed by atoms with Crippen molar-refractivity contribution in [3.05, 3.63) is 39.6 Å². The van der Waals surface area contributed by atoms with Crippen LogP contribution in [-0.2, 0) is 7.05 Å². The highest BCUT2D eigenvalue weighted by Crippen LogP contribution is 2.14. The molecule has 2 aromatic rings. The lowest BCUT2D eigenvalue weighted by Crippen LogP contribution is -2.47. The number of hydrogen-bond donors (Lipinski definition) is 2. The first-order valence-corrected chi connectivity index (χ1v) is 7.73. The number of rotatable bonds is 3. The van der Waals surface area contributed by atoms with Gasteiger partial charge >= 0.3 is 0 Å². The minimum Gasteiger partial charge on any atom is -0.361 e. The monoisotopic (exact) mass is 333 g/mol. The predicted molar refractivity (Wildman–Crippen MR) is 83.7 cm³/mol. The van der Waals surface area contributed by atoms with Crippen LogP contribution in [-0.4, -0.2) is 50.8 Å². The molecule has 0 radical (unpaired) electrons. The second-order valence-electron chi connectivity index (χ2n) is 5.93. The highest BCUT2D eigenvalue weighted by molar-refractivity contribution is 5.93. The standard InChI is InChI=1S/C15H19N5O4/c1-9-7-11(18-24-9)14(22)16-10-3-5-20(6-4-10)15(23)12-8-13(21)17-19(12)2/h7-8,10H,3-6H2,1-2H3,(H,16,22)(H,17,21). The summed E-state index contributed by atoms with van der Waals surface area (Å²) in [4.78, 5) is 37.5. The second-order valence-corrected chi connectivity index (χ2v) is 5.93. The third kappa shape index (κ3) is 3.24. The Morgan fingerprint density at radius 1 is 1.33 bits per heavy atom. The largest absolute Gasteiger partial charge is 0.361 e. The molecular weight excluding hydrogens is 314 g/mol. The molecule has 0 aliphatic carbocycles. The van der Waals surface area contributed by atoms with E-state index >= 15 is 0 Å². The van der Waals surface area contributed by atoms with Crippen molar-refractivity contribution in [1.29, 1.82) is 0 Å². The van der Waals surface area contributed by atoms with Crippen molar-refractivity contribution in [2.75, 3.05) is 13.1 Å². The number of hydrogen-bond acceptors (Lipinski definition) is 5. The molecule has 3 heterocycles. The van der Waals surface area contributed by atoms with E-state index in [0.717, 1.165) is 0 Å². The van der Waals surface area contributed by atoms with E-state index in [4.69, 9.17) is 4.52 Å². The van der Waals surface area contributed by atoms with Gasteiger partial charge in [-0.2, -0.15) is 0 Å². The zero-order chi connectivity index (χ0) is 17.3. The molecular formula is C15H19N5O4. The maximum absolute atomic E-state index is 12.4. The number of aryl methyl sites for hydroxylation is 2. The Morgan fingerprint density at radius 3 is 2.58 bits per heavy atom. The first kappa shape index (κ1) is 16.0. The third-order valence-electron chi connectivity index (χ3n) is 4.10. The fraction of sp³-hybridized carbons (Fsp3) is 0.467. The highest BCUT2D eigenvalue weighted by Gasteiger charge is 2.27. The van der Waals surface area contributed by atoms with Gasteiger partial charge in [-0.25, -0.2) is 0 Å². The first-order valence-electron chi connectivity index (χ1n) is 7.73. The second kappa shape index (κ2) is 6.34. The van der Waals surface area contributed by atoms with E-state index in [9.17, 15) is 14.4 Å². The lowest BCUT2D eigenvalue weighted by atomic mass is 10.0. The summed E-state index contributed by atoms with van der Waals surface area (Å²) in [6.45, 7) is 2.75. The normalized spacial score (nSPS) is 15.5. The van der Waals surface area contributed by atoms with E-state index in [-0.39, 0.29) is 29.1 Å². The van der Waals surface area contributed by atoms with Crippen molar-refractivity contribution >= 4 is 11.8 Å². The van der Waals surface area contributed by atoms with Crippen LogP contribution in [0.1, 0.15) is 39.6 Å². The Bertz CT molecular complexity index is 810. The average Bonchev–Trinajstić information content (AvgIpc) is 3.13. The molecule has 0 bridgehead atoms. The molecule has 0 unspecified atom stereocenters. The Kier molecular flexibility index (Phi) is 4.24. The number of amides is 2. The lowest BCUT2D eigenvalue weighted by molar-refractivity contribution is 0.0687. The number of carbonyl (C=O) groups is 2. The van der Waals surface area contributed by atoms with Crippen LogP contribution < -0.4 is 10.9 Å². The molecule has 2 N–H and O–H groups in total. The molecule has 24 heavy (non-hydrogen) atoms. The van der Waals surface area contributed by atoms with Gasteiger partial charge in [0.25, 0.3) is 17.4 Å². The van der Waals surface area contributed by atoms with E-state index in [1.807, 2.05) is 0 Å². The van der Waals surface area contributed by atoms with Gasteiger partial charge in [-0.3, -0.25) is 24.2 Å². The maximum Gasteiger partial charge on any atom is 0.273 e. The SMILES string of the molecule is Cc1cc(C(=O)NC2CCN(C(=O)c3cc(=O)[nH]n3C)CC2)no1. The van der Waals surface area contributed by atoms with Gasteiger partial charge in [-0.15, -0.1) is 0 Å². The number of piperidine rings is 1.